The van der Waals surface area contributed by atoms with Gasteiger partial charge < -0.3 is 9.88 Å². The zero-order chi connectivity index (χ0) is 13.8. The second-order valence-electron chi connectivity index (χ2n) is 4.24. The number of aryl methyl sites for hydroxylation is 1. The Kier molecular flexibility index (Phi) is 4.55. The van der Waals surface area contributed by atoms with Gasteiger partial charge in [0.15, 0.2) is 5.16 Å². The lowest BCUT2D eigenvalue weighted by molar-refractivity contribution is 0.596. The molecule has 0 aliphatic carbocycles. The molecule has 19 heavy (non-hydrogen) atoms. The van der Waals surface area contributed by atoms with Gasteiger partial charge in [0.1, 0.15) is 11.6 Å². The molecule has 0 radical (unpaired) electrons. The molecular formula is C13H17FN4S. The van der Waals surface area contributed by atoms with Gasteiger partial charge in [-0.15, -0.1) is 10.2 Å². The highest BCUT2D eigenvalue weighted by Crippen LogP contribution is 2.28. The maximum atomic E-state index is 14.0. The van der Waals surface area contributed by atoms with Crippen LogP contribution in [0.2, 0.25) is 0 Å². The van der Waals surface area contributed by atoms with Crippen molar-refractivity contribution in [1.29, 1.82) is 0 Å². The van der Waals surface area contributed by atoms with E-state index in [1.807, 2.05) is 31.5 Å². The Morgan fingerprint density at radius 3 is 2.74 bits per heavy atom. The fourth-order valence-electron chi connectivity index (χ4n) is 1.58. The molecule has 1 aromatic heterocycles. The van der Waals surface area contributed by atoms with Gasteiger partial charge in [0.2, 0.25) is 0 Å². The van der Waals surface area contributed by atoms with E-state index in [1.165, 1.54) is 11.8 Å². The van der Waals surface area contributed by atoms with E-state index >= 15 is 0 Å². The predicted molar refractivity (Wildman–Crippen MR) is 73.6 cm³/mol. The molecule has 1 N–H and O–H groups in total. The zero-order valence-corrected chi connectivity index (χ0v) is 12.1. The Morgan fingerprint density at radius 2 is 2.16 bits per heavy atom. The average Bonchev–Trinajstić information content (AvgIpc) is 2.71. The van der Waals surface area contributed by atoms with Crippen molar-refractivity contribution in [2.75, 3.05) is 6.54 Å². The SMILES string of the molecule is CCNCc1ccc(Sc2nnc(C)n2C)c(F)c1. The maximum absolute atomic E-state index is 14.0. The molecule has 0 atom stereocenters. The molecule has 0 saturated heterocycles. The first kappa shape index (κ1) is 14.0. The molecule has 0 amide bonds. The molecule has 4 nitrogen and oxygen atoms in total. The van der Waals surface area contributed by atoms with Crippen molar-refractivity contribution in [2.24, 2.45) is 7.05 Å². The van der Waals surface area contributed by atoms with Gasteiger partial charge in [0.05, 0.1) is 4.90 Å². The molecule has 102 valence electrons. The molecule has 1 heterocycles. The van der Waals surface area contributed by atoms with Crippen molar-refractivity contribution in [2.45, 2.75) is 30.4 Å². The van der Waals surface area contributed by atoms with Gasteiger partial charge in [-0.1, -0.05) is 13.0 Å². The summed E-state index contributed by atoms with van der Waals surface area (Å²) in [6.45, 7) is 5.45. The first-order valence-corrected chi connectivity index (χ1v) is 6.96. The van der Waals surface area contributed by atoms with Gasteiger partial charge in [-0.3, -0.25) is 0 Å². The Hall–Kier alpha value is -1.40. The topological polar surface area (TPSA) is 42.7 Å². The first-order chi connectivity index (χ1) is 9.11. The first-order valence-electron chi connectivity index (χ1n) is 6.14. The number of hydrogen-bond donors (Lipinski definition) is 1. The van der Waals surface area contributed by atoms with E-state index in [4.69, 9.17) is 0 Å². The molecule has 0 fully saturated rings. The Morgan fingerprint density at radius 1 is 1.37 bits per heavy atom. The molecule has 6 heteroatoms. The van der Waals surface area contributed by atoms with Crippen molar-refractivity contribution in [3.63, 3.8) is 0 Å². The lowest BCUT2D eigenvalue weighted by atomic mass is 10.2. The highest BCUT2D eigenvalue weighted by atomic mass is 32.2. The molecule has 0 saturated carbocycles. The molecule has 0 bridgehead atoms. The van der Waals surface area contributed by atoms with Crippen molar-refractivity contribution in [3.05, 3.63) is 35.4 Å². The third kappa shape index (κ3) is 3.33. The summed E-state index contributed by atoms with van der Waals surface area (Å²) in [7, 11) is 1.87. The largest absolute Gasteiger partial charge is 0.313 e. The van der Waals surface area contributed by atoms with Gasteiger partial charge >= 0.3 is 0 Å². The van der Waals surface area contributed by atoms with Crippen LogP contribution in [0.3, 0.4) is 0 Å². The van der Waals surface area contributed by atoms with E-state index in [9.17, 15) is 4.39 Å². The predicted octanol–water partition coefficient (Wildman–Crippen LogP) is 2.52. The molecular weight excluding hydrogens is 263 g/mol. The summed E-state index contributed by atoms with van der Waals surface area (Å²) in [6, 6.07) is 5.28. The minimum Gasteiger partial charge on any atom is -0.313 e. The minimum absolute atomic E-state index is 0.221. The van der Waals surface area contributed by atoms with Gasteiger partial charge in [-0.05, 0) is 42.9 Å². The van der Waals surface area contributed by atoms with Gasteiger partial charge in [-0.2, -0.15) is 0 Å². The minimum atomic E-state index is -0.221. The van der Waals surface area contributed by atoms with Crippen LogP contribution < -0.4 is 5.32 Å². The monoisotopic (exact) mass is 280 g/mol. The van der Waals surface area contributed by atoms with Crippen LogP contribution in [0.15, 0.2) is 28.3 Å². The maximum Gasteiger partial charge on any atom is 0.195 e. The van der Waals surface area contributed by atoms with E-state index in [-0.39, 0.29) is 5.82 Å². The number of aromatic nitrogens is 3. The van der Waals surface area contributed by atoms with Crippen LogP contribution in [-0.2, 0) is 13.6 Å². The highest BCUT2D eigenvalue weighted by molar-refractivity contribution is 7.99. The summed E-state index contributed by atoms with van der Waals surface area (Å²) in [5.41, 5.74) is 0.942. The molecule has 1 aromatic carbocycles. The summed E-state index contributed by atoms with van der Waals surface area (Å²) < 4.78 is 15.8. The van der Waals surface area contributed by atoms with E-state index in [1.54, 1.807) is 12.1 Å². The fourth-order valence-corrected chi connectivity index (χ4v) is 2.42. The van der Waals surface area contributed by atoms with Crippen LogP contribution in [0.4, 0.5) is 4.39 Å². The summed E-state index contributed by atoms with van der Waals surface area (Å²) >= 11 is 1.29. The van der Waals surface area contributed by atoms with E-state index in [2.05, 4.69) is 15.5 Å². The van der Waals surface area contributed by atoms with E-state index < -0.39 is 0 Å². The Bertz CT molecular complexity index is 568. The summed E-state index contributed by atoms with van der Waals surface area (Å²) in [6.07, 6.45) is 0. The average molecular weight is 280 g/mol. The number of hydrogen-bond acceptors (Lipinski definition) is 4. The third-order valence-corrected chi connectivity index (χ3v) is 3.92. The van der Waals surface area contributed by atoms with Crippen LogP contribution in [0.5, 0.6) is 0 Å². The van der Waals surface area contributed by atoms with Crippen molar-refractivity contribution in [1.82, 2.24) is 20.1 Å². The van der Waals surface area contributed by atoms with E-state index in [0.29, 0.717) is 16.6 Å². The molecule has 0 spiro atoms. The van der Waals surface area contributed by atoms with E-state index in [0.717, 1.165) is 17.9 Å². The third-order valence-electron chi connectivity index (χ3n) is 2.83. The van der Waals surface area contributed by atoms with Gasteiger partial charge in [0.25, 0.3) is 0 Å². The van der Waals surface area contributed by atoms with Gasteiger partial charge in [0, 0.05) is 13.6 Å². The lowest BCUT2D eigenvalue weighted by Crippen LogP contribution is -2.11. The number of benzene rings is 1. The lowest BCUT2D eigenvalue weighted by Gasteiger charge is -2.06. The van der Waals surface area contributed by atoms with Crippen LogP contribution in [0.1, 0.15) is 18.3 Å². The quantitative estimate of drug-likeness (QED) is 0.914. The number of rotatable bonds is 5. The van der Waals surface area contributed by atoms with Gasteiger partial charge in [-0.25, -0.2) is 4.39 Å². The summed E-state index contributed by atoms with van der Waals surface area (Å²) in [5, 5.41) is 11.8. The smallest absolute Gasteiger partial charge is 0.195 e. The van der Waals surface area contributed by atoms with Crippen LogP contribution in [0, 0.1) is 12.7 Å². The van der Waals surface area contributed by atoms with Crippen molar-refractivity contribution in [3.8, 4) is 0 Å². The highest BCUT2D eigenvalue weighted by Gasteiger charge is 2.10. The Balaban J connectivity index is 2.15. The molecule has 0 unspecified atom stereocenters. The molecule has 0 aliphatic rings. The van der Waals surface area contributed by atoms with Crippen molar-refractivity contribution >= 4 is 11.8 Å². The number of nitrogens with zero attached hydrogens (tertiary/aromatic N) is 3. The normalized spacial score (nSPS) is 10.9. The van der Waals surface area contributed by atoms with Crippen molar-refractivity contribution < 1.29 is 4.39 Å². The van der Waals surface area contributed by atoms with Crippen LogP contribution in [-0.4, -0.2) is 21.3 Å². The Labute approximate surface area is 116 Å². The van der Waals surface area contributed by atoms with Crippen LogP contribution >= 0.6 is 11.8 Å². The number of halogens is 1. The molecule has 2 aromatic rings. The second-order valence-corrected chi connectivity index (χ2v) is 5.25. The number of nitrogens with one attached hydrogen (secondary N) is 1. The second kappa shape index (κ2) is 6.16. The summed E-state index contributed by atoms with van der Waals surface area (Å²) in [4.78, 5) is 0.566. The summed E-state index contributed by atoms with van der Waals surface area (Å²) in [5.74, 6) is 0.590. The van der Waals surface area contributed by atoms with Crippen LogP contribution in [0.25, 0.3) is 0 Å². The zero-order valence-electron chi connectivity index (χ0n) is 11.3. The fraction of sp³-hybridized carbons (Fsp3) is 0.385. The molecule has 2 rings (SSSR count). The molecule has 0 aliphatic heterocycles. The standard InChI is InChI=1S/C13H17FN4S/c1-4-15-8-10-5-6-12(11(14)7-10)19-13-17-16-9(2)18(13)3/h5-7,15H,4,8H2,1-3H3.